The molecule has 6 nitrogen and oxygen atoms in total. The van der Waals surface area contributed by atoms with Crippen LogP contribution in [0.5, 0.6) is 0 Å². The number of anilines is 1. The van der Waals surface area contributed by atoms with E-state index in [1.165, 1.54) is 11.8 Å². The third-order valence-corrected chi connectivity index (χ3v) is 5.27. The highest BCUT2D eigenvalue weighted by molar-refractivity contribution is 8.04. The van der Waals surface area contributed by atoms with Crippen LogP contribution in [0.25, 0.3) is 5.69 Å². The summed E-state index contributed by atoms with van der Waals surface area (Å²) in [6, 6.07) is 9.81. The van der Waals surface area contributed by atoms with Crippen LogP contribution in [0.15, 0.2) is 53.3 Å². The largest absolute Gasteiger partial charge is 0.395 e. The van der Waals surface area contributed by atoms with E-state index < -0.39 is 0 Å². The SMILES string of the molecule is CC(=O)C1=C(C)N(CCO)C(Nc2ccc(-n3cccn3)cc2)S1. The van der Waals surface area contributed by atoms with E-state index in [0.29, 0.717) is 6.54 Å². The van der Waals surface area contributed by atoms with Gasteiger partial charge in [0.25, 0.3) is 0 Å². The lowest BCUT2D eigenvalue weighted by atomic mass is 10.3. The minimum Gasteiger partial charge on any atom is -0.395 e. The Kier molecular flexibility index (Phi) is 4.92. The van der Waals surface area contributed by atoms with E-state index in [2.05, 4.69) is 10.4 Å². The average molecular weight is 344 g/mol. The number of thioether (sulfide) groups is 1. The molecule has 2 heterocycles. The van der Waals surface area contributed by atoms with Crippen molar-refractivity contribution in [3.63, 3.8) is 0 Å². The highest BCUT2D eigenvalue weighted by atomic mass is 32.2. The number of rotatable bonds is 6. The Morgan fingerprint density at radius 2 is 2.12 bits per heavy atom. The molecule has 0 saturated heterocycles. The summed E-state index contributed by atoms with van der Waals surface area (Å²) in [4.78, 5) is 14.5. The Morgan fingerprint density at radius 3 is 2.71 bits per heavy atom. The Morgan fingerprint density at radius 1 is 1.38 bits per heavy atom. The van der Waals surface area contributed by atoms with Crippen LogP contribution < -0.4 is 5.32 Å². The van der Waals surface area contributed by atoms with Gasteiger partial charge < -0.3 is 15.3 Å². The fraction of sp³-hybridized carbons (Fsp3) is 0.294. The Balaban J connectivity index is 1.74. The van der Waals surface area contributed by atoms with Crippen LogP contribution in [0.3, 0.4) is 0 Å². The van der Waals surface area contributed by atoms with Gasteiger partial charge in [0.2, 0.25) is 0 Å². The normalized spacial score (nSPS) is 17.5. The van der Waals surface area contributed by atoms with Crippen LogP contribution in [-0.4, -0.2) is 44.2 Å². The molecule has 1 aliphatic rings. The molecule has 0 amide bonds. The number of nitrogens with one attached hydrogen (secondary N) is 1. The van der Waals surface area contributed by atoms with Crippen molar-refractivity contribution in [2.75, 3.05) is 18.5 Å². The molecule has 3 rings (SSSR count). The van der Waals surface area contributed by atoms with Crippen molar-refractivity contribution in [3.8, 4) is 5.69 Å². The number of allylic oxidation sites excluding steroid dienone is 2. The third-order valence-electron chi connectivity index (χ3n) is 3.86. The third kappa shape index (κ3) is 3.32. The second-order valence-corrected chi connectivity index (χ2v) is 6.59. The maximum Gasteiger partial charge on any atom is 0.168 e. The standard InChI is InChI=1S/C17H20N4O2S/c1-12-16(13(2)23)24-17(20(12)10-11-22)19-14-4-6-15(7-5-14)21-9-3-8-18-21/h3-9,17,19,22H,10-11H2,1-2H3. The first-order valence-electron chi connectivity index (χ1n) is 7.72. The van der Waals surface area contributed by atoms with E-state index in [1.54, 1.807) is 17.8 Å². The first kappa shape index (κ1) is 16.6. The smallest absolute Gasteiger partial charge is 0.168 e. The molecule has 0 saturated carbocycles. The lowest BCUT2D eigenvalue weighted by molar-refractivity contribution is -0.113. The van der Waals surface area contributed by atoms with Crippen LogP contribution in [0.1, 0.15) is 13.8 Å². The molecule has 0 spiro atoms. The Labute approximate surface area is 145 Å². The van der Waals surface area contributed by atoms with Crippen molar-refractivity contribution in [3.05, 3.63) is 53.3 Å². The number of carbonyl (C=O) groups excluding carboxylic acids is 1. The number of β-amino-alcohol motifs (C(OH)–C–C–N with tert-alkyl or cyclic N) is 1. The number of aromatic nitrogens is 2. The van der Waals surface area contributed by atoms with Crippen molar-refractivity contribution in [1.29, 1.82) is 0 Å². The first-order chi connectivity index (χ1) is 11.6. The molecule has 1 aromatic heterocycles. The Bertz CT molecular complexity index is 740. The molecule has 7 heteroatoms. The number of nitrogens with zero attached hydrogens (tertiary/aromatic N) is 3. The van der Waals surface area contributed by atoms with E-state index in [4.69, 9.17) is 0 Å². The van der Waals surface area contributed by atoms with E-state index in [-0.39, 0.29) is 17.9 Å². The number of Topliss-reactive ketones (excluding diaryl/α,β-unsaturated/α-hetero) is 1. The number of aliphatic hydroxyl groups excluding tert-OH is 1. The molecule has 1 atom stereocenters. The maximum absolute atomic E-state index is 11.8. The summed E-state index contributed by atoms with van der Waals surface area (Å²) in [5, 5.41) is 16.9. The molecule has 1 aromatic carbocycles. The molecule has 0 aliphatic carbocycles. The van der Waals surface area contributed by atoms with Gasteiger partial charge in [-0.25, -0.2) is 4.68 Å². The summed E-state index contributed by atoms with van der Waals surface area (Å²) in [5.41, 5.74) is 2.73. The second kappa shape index (κ2) is 7.11. The van der Waals surface area contributed by atoms with Crippen LogP contribution in [0.4, 0.5) is 5.69 Å². The molecule has 1 aliphatic heterocycles. The van der Waals surface area contributed by atoms with E-state index in [0.717, 1.165) is 22.0 Å². The monoisotopic (exact) mass is 344 g/mol. The van der Waals surface area contributed by atoms with Crippen molar-refractivity contribution < 1.29 is 9.90 Å². The molecule has 0 radical (unpaired) electrons. The van der Waals surface area contributed by atoms with Gasteiger partial charge in [0.05, 0.1) is 17.2 Å². The second-order valence-electron chi connectivity index (χ2n) is 5.50. The predicted octanol–water partition coefficient (Wildman–Crippen LogP) is 2.43. The number of benzene rings is 1. The summed E-state index contributed by atoms with van der Waals surface area (Å²) < 4.78 is 1.80. The number of ketones is 1. The van der Waals surface area contributed by atoms with Crippen LogP contribution >= 0.6 is 11.8 Å². The number of hydrogen-bond donors (Lipinski definition) is 2. The van der Waals surface area contributed by atoms with Gasteiger partial charge in [0.15, 0.2) is 11.3 Å². The minimum atomic E-state index is -0.105. The molecule has 0 bridgehead atoms. The van der Waals surface area contributed by atoms with Crippen molar-refractivity contribution in [2.45, 2.75) is 19.3 Å². The number of aliphatic hydroxyl groups is 1. The molecule has 0 fully saturated rings. The van der Waals surface area contributed by atoms with Gasteiger partial charge in [-0.1, -0.05) is 11.8 Å². The van der Waals surface area contributed by atoms with Crippen LogP contribution in [0, 0.1) is 0 Å². The van der Waals surface area contributed by atoms with Crippen molar-refractivity contribution in [2.24, 2.45) is 0 Å². The minimum absolute atomic E-state index is 0.0412. The first-order valence-corrected chi connectivity index (χ1v) is 8.60. The molecular formula is C17H20N4O2S. The lowest BCUT2D eigenvalue weighted by Crippen LogP contribution is -2.35. The van der Waals surface area contributed by atoms with Gasteiger partial charge in [0, 0.05) is 30.3 Å². The average Bonchev–Trinajstić information content (AvgIpc) is 3.19. The summed E-state index contributed by atoms with van der Waals surface area (Å²) in [6.45, 7) is 4.02. The van der Waals surface area contributed by atoms with Gasteiger partial charge in [-0.15, -0.1) is 0 Å². The fourth-order valence-corrected chi connectivity index (χ4v) is 3.94. The van der Waals surface area contributed by atoms with E-state index >= 15 is 0 Å². The number of hydrogen-bond acceptors (Lipinski definition) is 6. The summed E-state index contributed by atoms with van der Waals surface area (Å²) in [7, 11) is 0. The zero-order chi connectivity index (χ0) is 17.1. The summed E-state index contributed by atoms with van der Waals surface area (Å²) in [6.07, 6.45) is 3.64. The highest BCUT2D eigenvalue weighted by Crippen LogP contribution is 2.38. The van der Waals surface area contributed by atoms with Crippen molar-refractivity contribution in [1.82, 2.24) is 14.7 Å². The molecule has 1 unspecified atom stereocenters. The van der Waals surface area contributed by atoms with Gasteiger partial charge in [-0.2, -0.15) is 5.10 Å². The summed E-state index contributed by atoms with van der Waals surface area (Å²) in [5.74, 6) is 0.0544. The zero-order valence-corrected chi connectivity index (χ0v) is 14.5. The fourth-order valence-electron chi connectivity index (χ4n) is 2.68. The van der Waals surface area contributed by atoms with Gasteiger partial charge in [0.1, 0.15) is 0 Å². The molecule has 24 heavy (non-hydrogen) atoms. The molecular weight excluding hydrogens is 324 g/mol. The molecule has 126 valence electrons. The highest BCUT2D eigenvalue weighted by Gasteiger charge is 2.31. The van der Waals surface area contributed by atoms with E-state index in [1.807, 2.05) is 48.4 Å². The van der Waals surface area contributed by atoms with Gasteiger partial charge in [-0.05, 0) is 44.2 Å². The Hall–Kier alpha value is -2.25. The predicted molar refractivity (Wildman–Crippen MR) is 95.7 cm³/mol. The van der Waals surface area contributed by atoms with Crippen LogP contribution in [-0.2, 0) is 4.79 Å². The molecule has 2 aromatic rings. The van der Waals surface area contributed by atoms with E-state index in [9.17, 15) is 9.90 Å². The van der Waals surface area contributed by atoms with Crippen molar-refractivity contribution >= 4 is 23.2 Å². The quantitative estimate of drug-likeness (QED) is 0.839. The molecule has 2 N–H and O–H groups in total. The zero-order valence-electron chi connectivity index (χ0n) is 13.6. The lowest BCUT2D eigenvalue weighted by Gasteiger charge is -2.28. The van der Waals surface area contributed by atoms with Gasteiger partial charge >= 0.3 is 0 Å². The van der Waals surface area contributed by atoms with Gasteiger partial charge in [-0.3, -0.25) is 4.79 Å². The maximum atomic E-state index is 11.8. The number of carbonyl (C=O) groups is 1. The topological polar surface area (TPSA) is 70.4 Å². The van der Waals surface area contributed by atoms with Crippen LogP contribution in [0.2, 0.25) is 0 Å². The summed E-state index contributed by atoms with van der Waals surface area (Å²) >= 11 is 1.49.